The predicted octanol–water partition coefficient (Wildman–Crippen LogP) is 4.16. The summed E-state index contributed by atoms with van der Waals surface area (Å²) in [5, 5.41) is 3.11. The van der Waals surface area contributed by atoms with E-state index in [4.69, 9.17) is 4.74 Å². The van der Waals surface area contributed by atoms with E-state index in [-0.39, 0.29) is 24.1 Å². The van der Waals surface area contributed by atoms with Gasteiger partial charge in [-0.15, -0.1) is 0 Å². The first-order valence-corrected chi connectivity index (χ1v) is 11.1. The van der Waals surface area contributed by atoms with Crippen LogP contribution in [-0.4, -0.2) is 21.3 Å². The molecule has 7 heteroatoms. The molecule has 0 radical (unpaired) electrons. The van der Waals surface area contributed by atoms with E-state index in [1.165, 1.54) is 0 Å². The third kappa shape index (κ3) is 3.47. The third-order valence-electron chi connectivity index (χ3n) is 5.80. The maximum atomic E-state index is 13.4. The number of hydrogen-bond donors (Lipinski definition) is 1. The minimum Gasteiger partial charge on any atom is -0.439 e. The Labute approximate surface area is 182 Å². The van der Waals surface area contributed by atoms with Crippen molar-refractivity contribution in [3.8, 4) is 17.3 Å². The van der Waals surface area contributed by atoms with Crippen LogP contribution in [0.4, 0.5) is 0 Å². The summed E-state index contributed by atoms with van der Waals surface area (Å²) in [5.41, 5.74) is 2.06. The van der Waals surface area contributed by atoms with Crippen LogP contribution in [0.15, 0.2) is 57.8 Å². The molecule has 30 heavy (non-hydrogen) atoms. The molecule has 1 aliphatic heterocycles. The van der Waals surface area contributed by atoms with Gasteiger partial charge in [0.05, 0.1) is 11.3 Å². The van der Waals surface area contributed by atoms with Crippen LogP contribution in [0.1, 0.15) is 36.8 Å². The molecule has 1 saturated carbocycles. The average molecular weight is 468 g/mol. The number of amides is 1. The highest BCUT2D eigenvalue weighted by Crippen LogP contribution is 2.37. The van der Waals surface area contributed by atoms with Crippen molar-refractivity contribution >= 4 is 21.8 Å². The molecule has 3 aromatic rings. The maximum Gasteiger partial charge on any atom is 0.278 e. The summed E-state index contributed by atoms with van der Waals surface area (Å²) >= 11 is 3.48. The fraction of sp³-hybridized carbons (Fsp3) is 0.304. The lowest BCUT2D eigenvalue weighted by Crippen LogP contribution is -2.37. The minimum absolute atomic E-state index is 0.0296. The smallest absolute Gasteiger partial charge is 0.278 e. The van der Waals surface area contributed by atoms with E-state index in [0.717, 1.165) is 35.7 Å². The van der Waals surface area contributed by atoms with Crippen LogP contribution >= 0.6 is 15.9 Å². The van der Waals surface area contributed by atoms with Gasteiger partial charge in [-0.1, -0.05) is 47.0 Å². The normalized spacial score (nSPS) is 15.4. The molecule has 2 heterocycles. The Balaban J connectivity index is 1.57. The van der Waals surface area contributed by atoms with Gasteiger partial charge in [-0.2, -0.15) is 0 Å². The first kappa shape index (κ1) is 19.2. The summed E-state index contributed by atoms with van der Waals surface area (Å²) in [7, 11) is 0. The molecule has 6 nitrogen and oxygen atoms in total. The minimum atomic E-state index is -0.157. The average Bonchev–Trinajstić information content (AvgIpc) is 3.34. The van der Waals surface area contributed by atoms with Crippen molar-refractivity contribution in [2.75, 3.05) is 0 Å². The van der Waals surface area contributed by atoms with Gasteiger partial charge in [0.25, 0.3) is 5.56 Å². The number of carbonyl (C=O) groups is 1. The van der Waals surface area contributed by atoms with Crippen LogP contribution in [0.3, 0.4) is 0 Å². The summed E-state index contributed by atoms with van der Waals surface area (Å²) < 4.78 is 10.3. The lowest BCUT2D eigenvalue weighted by Gasteiger charge is -2.20. The zero-order valence-electron chi connectivity index (χ0n) is 16.4. The van der Waals surface area contributed by atoms with Gasteiger partial charge in [0.15, 0.2) is 0 Å². The summed E-state index contributed by atoms with van der Waals surface area (Å²) in [4.78, 5) is 26.2. The molecule has 1 N–H and O–H groups in total. The Hall–Kier alpha value is -2.80. The van der Waals surface area contributed by atoms with E-state index in [1.807, 2.05) is 48.5 Å². The molecule has 0 bridgehead atoms. The number of nitrogens with one attached hydrogen (secondary N) is 1. The van der Waals surface area contributed by atoms with Crippen LogP contribution < -0.4 is 15.6 Å². The van der Waals surface area contributed by atoms with Crippen LogP contribution in [0, 0.1) is 0 Å². The summed E-state index contributed by atoms with van der Waals surface area (Å²) in [5.74, 6) is 1.05. The molecule has 0 atom stereocenters. The number of ether oxygens (including phenoxy) is 1. The van der Waals surface area contributed by atoms with Gasteiger partial charge >= 0.3 is 0 Å². The Morgan fingerprint density at radius 2 is 1.90 bits per heavy atom. The van der Waals surface area contributed by atoms with Crippen molar-refractivity contribution in [3.05, 3.63) is 74.5 Å². The van der Waals surface area contributed by atoms with Crippen LogP contribution in [0.25, 0.3) is 5.69 Å². The number of fused-ring (bicyclic) bond motifs is 2. The Bertz CT molecular complexity index is 1160. The number of rotatable bonds is 4. The second-order valence-corrected chi connectivity index (χ2v) is 8.79. The summed E-state index contributed by atoms with van der Waals surface area (Å²) in [6.45, 7) is 0.0296. The number of hydrogen-bond acceptors (Lipinski definition) is 3. The lowest BCUT2D eigenvalue weighted by molar-refractivity contribution is -0.122. The molecule has 154 valence electrons. The largest absolute Gasteiger partial charge is 0.439 e. The molecule has 0 saturated heterocycles. The van der Waals surface area contributed by atoms with Crippen LogP contribution in [0.2, 0.25) is 0 Å². The number of nitrogens with zero attached hydrogens (tertiary/aromatic N) is 2. The van der Waals surface area contributed by atoms with E-state index >= 15 is 0 Å². The van der Waals surface area contributed by atoms with E-state index < -0.39 is 0 Å². The number of halogens is 1. The SMILES string of the molecule is O=C(Cn1c2c(c(=O)n1-c1ccccc1)Cc1cc(Br)ccc1O2)NC1CCCC1. The van der Waals surface area contributed by atoms with E-state index in [0.29, 0.717) is 29.3 Å². The highest BCUT2D eigenvalue weighted by molar-refractivity contribution is 9.10. The van der Waals surface area contributed by atoms with Gasteiger partial charge < -0.3 is 10.1 Å². The number of aromatic nitrogens is 2. The molecule has 0 unspecified atom stereocenters. The van der Waals surface area contributed by atoms with Gasteiger partial charge in [0.2, 0.25) is 11.8 Å². The topological polar surface area (TPSA) is 65.3 Å². The van der Waals surface area contributed by atoms with Crippen LogP contribution in [0.5, 0.6) is 11.6 Å². The predicted molar refractivity (Wildman–Crippen MR) is 117 cm³/mol. The summed E-state index contributed by atoms with van der Waals surface area (Å²) in [6.07, 6.45) is 4.79. The van der Waals surface area contributed by atoms with Crippen LogP contribution in [-0.2, 0) is 17.8 Å². The second kappa shape index (κ2) is 7.80. The number of para-hydroxylation sites is 1. The highest BCUT2D eigenvalue weighted by Gasteiger charge is 2.29. The van der Waals surface area contributed by atoms with Crippen molar-refractivity contribution in [2.24, 2.45) is 0 Å². The Kier molecular flexibility index (Phi) is 4.98. The van der Waals surface area contributed by atoms with Gasteiger partial charge in [-0.25, -0.2) is 9.36 Å². The van der Waals surface area contributed by atoms with Crippen molar-refractivity contribution in [3.63, 3.8) is 0 Å². The summed E-state index contributed by atoms with van der Waals surface area (Å²) in [6, 6.07) is 15.4. The van der Waals surface area contributed by atoms with Crippen molar-refractivity contribution in [1.29, 1.82) is 0 Å². The van der Waals surface area contributed by atoms with Gasteiger partial charge in [-0.05, 0) is 43.2 Å². The highest BCUT2D eigenvalue weighted by atomic mass is 79.9. The molecule has 5 rings (SSSR count). The van der Waals surface area contributed by atoms with Crippen molar-refractivity contribution in [1.82, 2.24) is 14.7 Å². The molecule has 2 aliphatic rings. The number of benzene rings is 2. The first-order valence-electron chi connectivity index (χ1n) is 10.3. The molecule has 1 aliphatic carbocycles. The molecule has 0 spiro atoms. The molecule has 1 aromatic heterocycles. The molecule has 2 aromatic carbocycles. The molecular weight excluding hydrogens is 446 g/mol. The third-order valence-corrected chi connectivity index (χ3v) is 6.29. The first-order chi connectivity index (χ1) is 14.6. The standard InChI is InChI=1S/C23H22BrN3O3/c24-16-10-11-20-15(12-16)13-19-22(29)27(18-8-2-1-3-9-18)26(23(19)30-20)14-21(28)25-17-6-4-5-7-17/h1-3,8-12,17H,4-7,13-14H2,(H,25,28). The van der Waals surface area contributed by atoms with Gasteiger partial charge in [0.1, 0.15) is 12.3 Å². The molecule has 1 fully saturated rings. The van der Waals surface area contributed by atoms with E-state index in [1.54, 1.807) is 9.36 Å². The Morgan fingerprint density at radius 1 is 1.13 bits per heavy atom. The zero-order valence-corrected chi connectivity index (χ0v) is 18.0. The van der Waals surface area contributed by atoms with Crippen molar-refractivity contribution < 1.29 is 9.53 Å². The molecular formula is C23H22BrN3O3. The van der Waals surface area contributed by atoms with E-state index in [2.05, 4.69) is 21.2 Å². The maximum absolute atomic E-state index is 13.4. The second-order valence-electron chi connectivity index (χ2n) is 7.87. The van der Waals surface area contributed by atoms with Gasteiger partial charge in [0, 0.05) is 22.5 Å². The molecule has 1 amide bonds. The Morgan fingerprint density at radius 3 is 2.67 bits per heavy atom. The number of carbonyl (C=O) groups excluding carboxylic acids is 1. The van der Waals surface area contributed by atoms with E-state index in [9.17, 15) is 9.59 Å². The monoisotopic (exact) mass is 467 g/mol. The van der Waals surface area contributed by atoms with Gasteiger partial charge in [-0.3, -0.25) is 9.59 Å². The fourth-order valence-corrected chi connectivity index (χ4v) is 4.78. The zero-order chi connectivity index (χ0) is 20.7. The quantitative estimate of drug-likeness (QED) is 0.490. The van der Waals surface area contributed by atoms with Crippen molar-refractivity contribution in [2.45, 2.75) is 44.7 Å². The fourth-order valence-electron chi connectivity index (χ4n) is 4.37. The lowest BCUT2D eigenvalue weighted by atomic mass is 10.0.